The molecule has 0 radical (unpaired) electrons. The molecule has 0 bridgehead atoms. The van der Waals surface area contributed by atoms with Gasteiger partial charge in [0.2, 0.25) is 0 Å². The van der Waals surface area contributed by atoms with E-state index in [9.17, 15) is 8.42 Å². The Morgan fingerprint density at radius 2 is 2.13 bits per heavy atom. The predicted molar refractivity (Wildman–Crippen MR) is 88.5 cm³/mol. The monoisotopic (exact) mass is 341 g/mol. The minimum atomic E-state index is -3.18. The minimum Gasteiger partial charge on any atom is -0.492 e. The molecular weight excluding hydrogens is 318 g/mol. The molecule has 1 aromatic carbocycles. The molecule has 7 nitrogen and oxygen atoms in total. The fourth-order valence-corrected chi connectivity index (χ4v) is 2.86. The summed E-state index contributed by atoms with van der Waals surface area (Å²) in [5, 5.41) is 0. The van der Waals surface area contributed by atoms with Gasteiger partial charge in [-0.05, 0) is 31.2 Å². The standard InChI is InChI=1S/C15H23N3O4S/c1-12-11-18(8-10-21-12)15(16)17-7-9-22-13-3-5-14(6-4-13)23(2,19)20/h3-6,12H,7-11H2,1-2H3,(H2,16,17). The van der Waals surface area contributed by atoms with Crippen molar-refractivity contribution in [2.45, 2.75) is 17.9 Å². The molecule has 2 rings (SSSR count). The van der Waals surface area contributed by atoms with Crippen molar-refractivity contribution in [1.82, 2.24) is 4.90 Å². The molecule has 1 fully saturated rings. The first-order chi connectivity index (χ1) is 10.9. The van der Waals surface area contributed by atoms with Crippen LogP contribution in [0.2, 0.25) is 0 Å². The van der Waals surface area contributed by atoms with E-state index in [1.165, 1.54) is 18.4 Å². The maximum Gasteiger partial charge on any atom is 0.191 e. The highest BCUT2D eigenvalue weighted by Crippen LogP contribution is 2.15. The molecular formula is C15H23N3O4S. The lowest BCUT2D eigenvalue weighted by molar-refractivity contribution is 0.00528. The number of sulfone groups is 1. The molecule has 0 aromatic heterocycles. The van der Waals surface area contributed by atoms with Crippen molar-refractivity contribution in [1.29, 1.82) is 0 Å². The maximum atomic E-state index is 11.4. The molecule has 0 aliphatic carbocycles. The second-order valence-corrected chi connectivity index (χ2v) is 7.48. The van der Waals surface area contributed by atoms with Gasteiger partial charge in [-0.2, -0.15) is 0 Å². The van der Waals surface area contributed by atoms with Crippen molar-refractivity contribution in [3.63, 3.8) is 0 Å². The molecule has 23 heavy (non-hydrogen) atoms. The van der Waals surface area contributed by atoms with Gasteiger partial charge in [-0.25, -0.2) is 13.4 Å². The van der Waals surface area contributed by atoms with Gasteiger partial charge in [0.05, 0.1) is 24.2 Å². The Balaban J connectivity index is 1.79. The average molecular weight is 341 g/mol. The van der Waals surface area contributed by atoms with Crippen LogP contribution in [0.3, 0.4) is 0 Å². The summed E-state index contributed by atoms with van der Waals surface area (Å²) in [6.45, 7) is 4.95. The largest absolute Gasteiger partial charge is 0.492 e. The van der Waals surface area contributed by atoms with E-state index >= 15 is 0 Å². The number of nitrogens with two attached hydrogens (primary N) is 1. The van der Waals surface area contributed by atoms with Crippen LogP contribution in [0.25, 0.3) is 0 Å². The lowest BCUT2D eigenvalue weighted by atomic mass is 10.3. The van der Waals surface area contributed by atoms with Crippen molar-refractivity contribution in [3.05, 3.63) is 24.3 Å². The van der Waals surface area contributed by atoms with E-state index in [4.69, 9.17) is 15.2 Å². The first-order valence-corrected chi connectivity index (χ1v) is 9.35. The van der Waals surface area contributed by atoms with E-state index in [0.717, 1.165) is 13.1 Å². The van der Waals surface area contributed by atoms with Gasteiger partial charge in [0.1, 0.15) is 12.4 Å². The van der Waals surface area contributed by atoms with E-state index in [2.05, 4.69) is 4.99 Å². The number of nitrogens with zero attached hydrogens (tertiary/aromatic N) is 2. The number of aliphatic imine (C=N–C) groups is 1. The molecule has 0 saturated carbocycles. The normalized spacial score (nSPS) is 19.7. The van der Waals surface area contributed by atoms with Crippen molar-refractivity contribution in [2.75, 3.05) is 39.1 Å². The number of benzene rings is 1. The molecule has 1 atom stereocenters. The number of ether oxygens (including phenoxy) is 2. The van der Waals surface area contributed by atoms with Crippen LogP contribution in [-0.4, -0.2) is 64.5 Å². The highest BCUT2D eigenvalue weighted by Gasteiger charge is 2.17. The summed E-state index contributed by atoms with van der Waals surface area (Å²) in [5.41, 5.74) is 5.96. The molecule has 1 heterocycles. The van der Waals surface area contributed by atoms with Crippen LogP contribution in [-0.2, 0) is 14.6 Å². The Labute approximate surface area is 137 Å². The third-order valence-corrected chi connectivity index (χ3v) is 4.58. The summed E-state index contributed by atoms with van der Waals surface area (Å²) in [6, 6.07) is 6.31. The van der Waals surface area contributed by atoms with Crippen molar-refractivity contribution in [2.24, 2.45) is 10.7 Å². The lowest BCUT2D eigenvalue weighted by Gasteiger charge is -2.31. The molecule has 8 heteroatoms. The quantitative estimate of drug-likeness (QED) is 0.476. The van der Waals surface area contributed by atoms with Gasteiger partial charge in [-0.15, -0.1) is 0 Å². The number of guanidine groups is 1. The Bertz CT molecular complexity index is 643. The topological polar surface area (TPSA) is 94.2 Å². The number of hydrogen-bond acceptors (Lipinski definition) is 5. The highest BCUT2D eigenvalue weighted by atomic mass is 32.2. The van der Waals surface area contributed by atoms with Crippen molar-refractivity contribution >= 4 is 15.8 Å². The van der Waals surface area contributed by atoms with E-state index in [1.54, 1.807) is 12.1 Å². The van der Waals surface area contributed by atoms with Gasteiger partial charge >= 0.3 is 0 Å². The summed E-state index contributed by atoms with van der Waals surface area (Å²) < 4.78 is 33.7. The summed E-state index contributed by atoms with van der Waals surface area (Å²) in [7, 11) is -3.18. The van der Waals surface area contributed by atoms with Crippen LogP contribution in [0.15, 0.2) is 34.2 Å². The van der Waals surface area contributed by atoms with E-state index < -0.39 is 9.84 Å². The molecule has 2 N–H and O–H groups in total. The third-order valence-electron chi connectivity index (χ3n) is 3.45. The number of hydrogen-bond donors (Lipinski definition) is 1. The second kappa shape index (κ2) is 7.65. The van der Waals surface area contributed by atoms with Gasteiger partial charge in [0.15, 0.2) is 15.8 Å². The molecule has 1 aliphatic heterocycles. The van der Waals surface area contributed by atoms with Crippen LogP contribution < -0.4 is 10.5 Å². The van der Waals surface area contributed by atoms with E-state index in [0.29, 0.717) is 31.5 Å². The Morgan fingerprint density at radius 3 is 2.74 bits per heavy atom. The van der Waals surface area contributed by atoms with E-state index in [-0.39, 0.29) is 11.0 Å². The summed E-state index contributed by atoms with van der Waals surface area (Å²) in [4.78, 5) is 6.56. The van der Waals surface area contributed by atoms with Gasteiger partial charge in [-0.3, -0.25) is 0 Å². The minimum absolute atomic E-state index is 0.155. The van der Waals surface area contributed by atoms with Gasteiger partial charge in [0.25, 0.3) is 0 Å². The van der Waals surface area contributed by atoms with Crippen LogP contribution in [0.4, 0.5) is 0 Å². The SMILES string of the molecule is CC1CN(C(N)=NCCOc2ccc(S(C)(=O)=O)cc2)CCO1. The first-order valence-electron chi connectivity index (χ1n) is 7.45. The molecule has 1 aliphatic rings. The van der Waals surface area contributed by atoms with Gasteiger partial charge in [0, 0.05) is 19.3 Å². The Kier molecular flexibility index (Phi) is 5.84. The van der Waals surface area contributed by atoms with Crippen molar-refractivity contribution < 1.29 is 17.9 Å². The number of rotatable bonds is 5. The van der Waals surface area contributed by atoms with Crippen LogP contribution in [0.1, 0.15) is 6.92 Å². The molecule has 0 spiro atoms. The first kappa shape index (κ1) is 17.6. The zero-order chi connectivity index (χ0) is 16.9. The lowest BCUT2D eigenvalue weighted by Crippen LogP contribution is -2.48. The van der Waals surface area contributed by atoms with Crippen LogP contribution in [0.5, 0.6) is 5.75 Å². The fraction of sp³-hybridized carbons (Fsp3) is 0.533. The summed E-state index contributed by atoms with van der Waals surface area (Å²) in [5.74, 6) is 1.10. The second-order valence-electron chi connectivity index (χ2n) is 5.46. The maximum absolute atomic E-state index is 11.4. The van der Waals surface area contributed by atoms with Crippen molar-refractivity contribution in [3.8, 4) is 5.75 Å². The fourth-order valence-electron chi connectivity index (χ4n) is 2.23. The Morgan fingerprint density at radius 1 is 1.43 bits per heavy atom. The van der Waals surface area contributed by atoms with Crippen LogP contribution >= 0.6 is 0 Å². The molecule has 128 valence electrons. The summed E-state index contributed by atoms with van der Waals surface area (Å²) >= 11 is 0. The molecule has 1 saturated heterocycles. The number of morpholine rings is 1. The smallest absolute Gasteiger partial charge is 0.191 e. The Hall–Kier alpha value is -1.80. The van der Waals surface area contributed by atoms with E-state index in [1.807, 2.05) is 11.8 Å². The summed E-state index contributed by atoms with van der Waals surface area (Å²) in [6.07, 6.45) is 1.33. The van der Waals surface area contributed by atoms with Gasteiger partial charge in [-0.1, -0.05) is 0 Å². The molecule has 1 unspecified atom stereocenters. The van der Waals surface area contributed by atoms with Gasteiger partial charge < -0.3 is 20.1 Å². The molecule has 0 amide bonds. The van der Waals surface area contributed by atoms with Crippen LogP contribution in [0, 0.1) is 0 Å². The molecule has 1 aromatic rings. The third kappa shape index (κ3) is 5.40. The predicted octanol–water partition coefficient (Wildman–Crippen LogP) is 0.504. The average Bonchev–Trinajstić information content (AvgIpc) is 2.51. The zero-order valence-electron chi connectivity index (χ0n) is 13.4. The highest BCUT2D eigenvalue weighted by molar-refractivity contribution is 7.90. The zero-order valence-corrected chi connectivity index (χ0v) is 14.3.